The molecule has 0 aliphatic heterocycles. The van der Waals surface area contributed by atoms with Crippen molar-refractivity contribution in [1.82, 2.24) is 19.7 Å². The Balaban J connectivity index is 1.73. The van der Waals surface area contributed by atoms with E-state index >= 15 is 0 Å². The summed E-state index contributed by atoms with van der Waals surface area (Å²) in [5.74, 6) is 1.53. The molecule has 31 heavy (non-hydrogen) atoms. The Labute approximate surface area is 180 Å². The number of hydrogen-bond donors (Lipinski definition) is 2. The Morgan fingerprint density at radius 2 is 2.00 bits per heavy atom. The highest BCUT2D eigenvalue weighted by atomic mass is 31.2. The standard InChI is InChI=1S/C21H25N6O3P/c1-27-12-23-20(26-27)14-6-5-7-15(19(14)30-2)24-16-10-18(25-21(28)13-8-9-13)22-11-17(16)31(3,4)29/h5-7,10-13H,8-9H2,1-4H3,(H2,22,24,25,28). The average molecular weight is 440 g/mol. The Morgan fingerprint density at radius 1 is 1.23 bits per heavy atom. The minimum Gasteiger partial charge on any atom is -0.494 e. The Hall–Kier alpha value is -3.19. The molecule has 2 heterocycles. The van der Waals surface area contributed by atoms with Crippen molar-refractivity contribution in [2.75, 3.05) is 31.1 Å². The summed E-state index contributed by atoms with van der Waals surface area (Å²) >= 11 is 0. The van der Waals surface area contributed by atoms with Crippen LogP contribution in [0.3, 0.4) is 0 Å². The summed E-state index contributed by atoms with van der Waals surface area (Å²) in [6.45, 7) is 3.37. The van der Waals surface area contributed by atoms with Crippen LogP contribution in [0.2, 0.25) is 0 Å². The van der Waals surface area contributed by atoms with Crippen molar-refractivity contribution in [3.63, 3.8) is 0 Å². The van der Waals surface area contributed by atoms with Gasteiger partial charge in [0.25, 0.3) is 0 Å². The van der Waals surface area contributed by atoms with E-state index in [9.17, 15) is 9.36 Å². The maximum atomic E-state index is 12.9. The van der Waals surface area contributed by atoms with E-state index in [-0.39, 0.29) is 11.8 Å². The fraction of sp³-hybridized carbons (Fsp3) is 0.333. The van der Waals surface area contributed by atoms with Gasteiger partial charge in [-0.05, 0) is 38.3 Å². The number of para-hydroxylation sites is 1. The van der Waals surface area contributed by atoms with E-state index in [0.717, 1.165) is 18.4 Å². The van der Waals surface area contributed by atoms with E-state index in [1.54, 1.807) is 50.8 Å². The van der Waals surface area contributed by atoms with E-state index < -0.39 is 7.14 Å². The van der Waals surface area contributed by atoms with Gasteiger partial charge in [-0.25, -0.2) is 9.97 Å². The molecule has 9 nitrogen and oxygen atoms in total. The Kier molecular flexibility index (Phi) is 5.54. The second kappa shape index (κ2) is 8.15. The van der Waals surface area contributed by atoms with E-state index in [4.69, 9.17) is 4.74 Å². The number of carbonyl (C=O) groups excluding carboxylic acids is 1. The summed E-state index contributed by atoms with van der Waals surface area (Å²) in [5, 5.41) is 11.1. The van der Waals surface area contributed by atoms with Gasteiger partial charge in [0.05, 0.1) is 29.4 Å². The number of carbonyl (C=O) groups is 1. The second-order valence-electron chi connectivity index (χ2n) is 7.95. The quantitative estimate of drug-likeness (QED) is 0.543. The molecule has 0 bridgehead atoms. The Morgan fingerprint density at radius 3 is 2.61 bits per heavy atom. The highest BCUT2D eigenvalue weighted by Crippen LogP contribution is 2.41. The first kappa shape index (κ1) is 21.1. The largest absolute Gasteiger partial charge is 0.494 e. The van der Waals surface area contributed by atoms with Crippen LogP contribution in [0.25, 0.3) is 11.4 Å². The summed E-state index contributed by atoms with van der Waals surface area (Å²) in [6.07, 6.45) is 4.98. The number of aromatic nitrogens is 4. The number of nitrogens with zero attached hydrogens (tertiary/aromatic N) is 4. The van der Waals surface area contributed by atoms with Crippen LogP contribution in [0, 0.1) is 5.92 Å². The number of ether oxygens (including phenoxy) is 1. The number of aryl methyl sites for hydroxylation is 1. The molecule has 0 saturated heterocycles. The Bertz CT molecular complexity index is 1180. The summed E-state index contributed by atoms with van der Waals surface area (Å²) in [5.41, 5.74) is 1.98. The third-order valence-electron chi connectivity index (χ3n) is 4.99. The van der Waals surface area contributed by atoms with Crippen LogP contribution in [0.15, 0.2) is 36.8 Å². The third kappa shape index (κ3) is 4.61. The summed E-state index contributed by atoms with van der Waals surface area (Å²) in [4.78, 5) is 20.8. The van der Waals surface area contributed by atoms with Crippen molar-refractivity contribution in [2.24, 2.45) is 13.0 Å². The van der Waals surface area contributed by atoms with Gasteiger partial charge in [0.2, 0.25) is 5.91 Å². The zero-order valence-corrected chi connectivity index (χ0v) is 18.8. The van der Waals surface area contributed by atoms with E-state index in [2.05, 4.69) is 25.7 Å². The minimum absolute atomic E-state index is 0.0387. The fourth-order valence-electron chi connectivity index (χ4n) is 3.26. The number of pyridine rings is 1. The molecule has 10 heteroatoms. The number of amides is 1. The van der Waals surface area contributed by atoms with Crippen LogP contribution in [0.1, 0.15) is 12.8 Å². The maximum absolute atomic E-state index is 12.9. The minimum atomic E-state index is -2.65. The van der Waals surface area contributed by atoms with Gasteiger partial charge < -0.3 is 19.9 Å². The molecule has 3 aromatic rings. The molecule has 4 rings (SSSR count). The number of rotatable bonds is 7. The molecule has 1 aliphatic carbocycles. The van der Waals surface area contributed by atoms with Crippen molar-refractivity contribution in [1.29, 1.82) is 0 Å². The van der Waals surface area contributed by atoms with Crippen molar-refractivity contribution in [3.05, 3.63) is 36.8 Å². The van der Waals surface area contributed by atoms with Gasteiger partial charge in [0.1, 0.15) is 19.3 Å². The molecule has 1 aromatic carbocycles. The van der Waals surface area contributed by atoms with Gasteiger partial charge >= 0.3 is 0 Å². The smallest absolute Gasteiger partial charge is 0.228 e. The van der Waals surface area contributed by atoms with Gasteiger partial charge in [-0.15, -0.1) is 0 Å². The zero-order chi connectivity index (χ0) is 22.2. The van der Waals surface area contributed by atoms with Crippen LogP contribution in [0.4, 0.5) is 17.2 Å². The van der Waals surface area contributed by atoms with Gasteiger partial charge in [-0.1, -0.05) is 6.07 Å². The molecule has 0 spiro atoms. The summed E-state index contributed by atoms with van der Waals surface area (Å²) < 4.78 is 20.2. The first-order valence-corrected chi connectivity index (χ1v) is 12.5. The maximum Gasteiger partial charge on any atom is 0.228 e. The monoisotopic (exact) mass is 440 g/mol. The van der Waals surface area contributed by atoms with Crippen molar-refractivity contribution < 1.29 is 14.1 Å². The summed E-state index contributed by atoms with van der Waals surface area (Å²) in [6, 6.07) is 7.30. The lowest BCUT2D eigenvalue weighted by Gasteiger charge is -2.19. The van der Waals surface area contributed by atoms with Gasteiger partial charge in [-0.3, -0.25) is 9.48 Å². The van der Waals surface area contributed by atoms with Crippen LogP contribution in [0.5, 0.6) is 5.75 Å². The van der Waals surface area contributed by atoms with E-state index in [0.29, 0.717) is 34.1 Å². The third-order valence-corrected chi connectivity index (χ3v) is 6.51. The average Bonchev–Trinajstić information content (AvgIpc) is 3.48. The molecule has 1 aliphatic rings. The number of anilines is 3. The van der Waals surface area contributed by atoms with Crippen LogP contribution in [-0.4, -0.2) is 46.1 Å². The topological polar surface area (TPSA) is 111 Å². The van der Waals surface area contributed by atoms with Crippen LogP contribution in [-0.2, 0) is 16.4 Å². The van der Waals surface area contributed by atoms with Gasteiger partial charge in [-0.2, -0.15) is 5.10 Å². The predicted molar refractivity (Wildman–Crippen MR) is 121 cm³/mol. The molecular weight excluding hydrogens is 415 g/mol. The zero-order valence-electron chi connectivity index (χ0n) is 17.9. The SMILES string of the molecule is COc1c(Nc2cc(NC(=O)C3CC3)ncc2P(C)(C)=O)cccc1-c1ncn(C)n1. The molecule has 2 N–H and O–H groups in total. The van der Waals surface area contributed by atoms with Crippen molar-refractivity contribution in [3.8, 4) is 17.1 Å². The molecule has 0 atom stereocenters. The number of benzene rings is 1. The highest BCUT2D eigenvalue weighted by molar-refractivity contribution is 7.70. The lowest BCUT2D eigenvalue weighted by molar-refractivity contribution is -0.117. The van der Waals surface area contributed by atoms with E-state index in [1.807, 2.05) is 18.2 Å². The molecule has 1 amide bonds. The molecule has 0 unspecified atom stereocenters. The van der Waals surface area contributed by atoms with Gasteiger partial charge in [0, 0.05) is 25.2 Å². The van der Waals surface area contributed by atoms with Crippen molar-refractivity contribution >= 4 is 35.5 Å². The van der Waals surface area contributed by atoms with Crippen LogP contribution >= 0.6 is 7.14 Å². The van der Waals surface area contributed by atoms with E-state index in [1.165, 1.54) is 0 Å². The molecule has 0 radical (unpaired) electrons. The predicted octanol–water partition coefficient (Wildman–Crippen LogP) is 3.23. The first-order chi connectivity index (χ1) is 14.8. The molecular formula is C21H25N6O3P. The normalized spacial score (nSPS) is 13.7. The van der Waals surface area contributed by atoms with Crippen molar-refractivity contribution in [2.45, 2.75) is 12.8 Å². The molecule has 1 fully saturated rings. The second-order valence-corrected chi connectivity index (χ2v) is 11.1. The summed E-state index contributed by atoms with van der Waals surface area (Å²) in [7, 11) is 0.723. The number of methoxy groups -OCH3 is 1. The van der Waals surface area contributed by atoms with Gasteiger partial charge in [0.15, 0.2) is 11.6 Å². The lowest BCUT2D eigenvalue weighted by atomic mass is 10.1. The molecule has 2 aromatic heterocycles. The number of hydrogen-bond acceptors (Lipinski definition) is 7. The molecule has 162 valence electrons. The lowest BCUT2D eigenvalue weighted by Crippen LogP contribution is -2.17. The first-order valence-electron chi connectivity index (χ1n) is 9.92. The van der Waals surface area contributed by atoms with Crippen LogP contribution < -0.4 is 20.7 Å². The highest BCUT2D eigenvalue weighted by Gasteiger charge is 2.30. The number of nitrogens with one attached hydrogen (secondary N) is 2. The fourth-order valence-corrected chi connectivity index (χ4v) is 4.30. The molecule has 1 saturated carbocycles.